The molecule has 0 fully saturated rings. The van der Waals surface area contributed by atoms with Crippen LogP contribution < -0.4 is 0 Å². The third-order valence-electron chi connectivity index (χ3n) is 2.29. The Labute approximate surface area is 116 Å². The number of aromatic nitrogens is 2. The summed E-state index contributed by atoms with van der Waals surface area (Å²) in [5, 5.41) is 4.77. The summed E-state index contributed by atoms with van der Waals surface area (Å²) in [4.78, 5) is 12.2. The number of halogens is 3. The largest absolute Gasteiger partial charge is 0.287 e. The first-order chi connectivity index (χ1) is 8.00. The lowest BCUT2D eigenvalue weighted by molar-refractivity contribution is 0.102. The highest BCUT2D eigenvalue weighted by atomic mass is 79.9. The standard InChI is InChI=1S/C11H7BrCl2N2O/c1-16-10(7(12)5-15-16)11(17)6-2-3-8(13)9(14)4-6/h2-5H,1H3. The third-order valence-corrected chi connectivity index (χ3v) is 3.61. The zero-order valence-corrected chi connectivity index (χ0v) is 11.8. The number of carbonyl (C=O) groups excluding carboxylic acids is 1. The number of carbonyl (C=O) groups is 1. The molecule has 88 valence electrons. The highest BCUT2D eigenvalue weighted by Crippen LogP contribution is 2.25. The fraction of sp³-hybridized carbons (Fsp3) is 0.0909. The summed E-state index contributed by atoms with van der Waals surface area (Å²) in [6.45, 7) is 0. The molecule has 0 unspecified atom stereocenters. The maximum absolute atomic E-state index is 12.2. The number of aryl methyl sites for hydroxylation is 1. The molecule has 17 heavy (non-hydrogen) atoms. The predicted octanol–water partition coefficient (Wildman–Crippen LogP) is 3.72. The summed E-state index contributed by atoms with van der Waals surface area (Å²) >= 11 is 15.0. The van der Waals surface area contributed by atoms with Crippen molar-refractivity contribution in [3.8, 4) is 0 Å². The van der Waals surface area contributed by atoms with Gasteiger partial charge in [0.2, 0.25) is 5.78 Å². The number of rotatable bonds is 2. The number of hydrogen-bond donors (Lipinski definition) is 0. The Kier molecular flexibility index (Phi) is 3.56. The summed E-state index contributed by atoms with van der Waals surface area (Å²) in [6.07, 6.45) is 1.57. The zero-order chi connectivity index (χ0) is 12.6. The van der Waals surface area contributed by atoms with E-state index in [9.17, 15) is 4.79 Å². The van der Waals surface area contributed by atoms with Crippen molar-refractivity contribution in [1.82, 2.24) is 9.78 Å². The fourth-order valence-electron chi connectivity index (χ4n) is 1.44. The van der Waals surface area contributed by atoms with Gasteiger partial charge in [0.25, 0.3) is 0 Å². The van der Waals surface area contributed by atoms with Crippen LogP contribution in [-0.4, -0.2) is 15.6 Å². The molecule has 0 atom stereocenters. The summed E-state index contributed by atoms with van der Waals surface area (Å²) in [7, 11) is 1.70. The summed E-state index contributed by atoms with van der Waals surface area (Å²) < 4.78 is 2.16. The van der Waals surface area contributed by atoms with E-state index in [1.807, 2.05) is 0 Å². The lowest BCUT2D eigenvalue weighted by Gasteiger charge is -2.04. The van der Waals surface area contributed by atoms with Crippen molar-refractivity contribution in [2.24, 2.45) is 7.05 Å². The first kappa shape index (κ1) is 12.6. The SMILES string of the molecule is Cn1ncc(Br)c1C(=O)c1ccc(Cl)c(Cl)c1. The molecule has 1 aromatic heterocycles. The van der Waals surface area contributed by atoms with Crippen LogP contribution in [0.2, 0.25) is 10.0 Å². The van der Waals surface area contributed by atoms with Gasteiger partial charge in [-0.25, -0.2) is 0 Å². The number of benzene rings is 1. The lowest BCUT2D eigenvalue weighted by atomic mass is 10.1. The van der Waals surface area contributed by atoms with Gasteiger partial charge in [-0.15, -0.1) is 0 Å². The van der Waals surface area contributed by atoms with Crippen LogP contribution in [0.1, 0.15) is 16.1 Å². The maximum atomic E-state index is 12.2. The van der Waals surface area contributed by atoms with Crippen molar-refractivity contribution >= 4 is 44.9 Å². The van der Waals surface area contributed by atoms with Crippen molar-refractivity contribution in [3.63, 3.8) is 0 Å². The monoisotopic (exact) mass is 332 g/mol. The topological polar surface area (TPSA) is 34.9 Å². The molecule has 0 amide bonds. The minimum Gasteiger partial charge on any atom is -0.287 e. The van der Waals surface area contributed by atoms with E-state index < -0.39 is 0 Å². The maximum Gasteiger partial charge on any atom is 0.212 e. The van der Waals surface area contributed by atoms with Gasteiger partial charge in [0.05, 0.1) is 20.7 Å². The summed E-state index contributed by atoms with van der Waals surface area (Å²) in [5.41, 5.74) is 0.951. The van der Waals surface area contributed by atoms with Crippen LogP contribution in [0.5, 0.6) is 0 Å². The molecule has 6 heteroatoms. The van der Waals surface area contributed by atoms with Gasteiger partial charge in [-0.2, -0.15) is 5.10 Å². The van der Waals surface area contributed by atoms with E-state index in [4.69, 9.17) is 23.2 Å². The molecule has 3 nitrogen and oxygen atoms in total. The Hall–Kier alpha value is -0.840. The summed E-state index contributed by atoms with van der Waals surface area (Å²) in [6, 6.07) is 4.78. The first-order valence-electron chi connectivity index (χ1n) is 4.68. The zero-order valence-electron chi connectivity index (χ0n) is 8.75. The van der Waals surface area contributed by atoms with Crippen LogP contribution in [-0.2, 0) is 7.05 Å². The van der Waals surface area contributed by atoms with Crippen molar-refractivity contribution in [3.05, 3.63) is 50.2 Å². The summed E-state index contributed by atoms with van der Waals surface area (Å²) in [5.74, 6) is -0.157. The third kappa shape index (κ3) is 2.39. The van der Waals surface area contributed by atoms with Gasteiger partial charge in [0.15, 0.2) is 0 Å². The number of ketones is 1. The Bertz CT molecular complexity index is 576. The highest BCUT2D eigenvalue weighted by molar-refractivity contribution is 9.10. The molecule has 0 saturated heterocycles. The lowest BCUT2D eigenvalue weighted by Crippen LogP contribution is -2.08. The van der Waals surface area contributed by atoms with E-state index in [1.54, 1.807) is 31.4 Å². The van der Waals surface area contributed by atoms with Gasteiger partial charge in [-0.1, -0.05) is 23.2 Å². The van der Waals surface area contributed by atoms with Gasteiger partial charge >= 0.3 is 0 Å². The average molecular weight is 334 g/mol. The van der Waals surface area contributed by atoms with Crippen LogP contribution in [0.4, 0.5) is 0 Å². The minimum atomic E-state index is -0.157. The minimum absolute atomic E-state index is 0.157. The van der Waals surface area contributed by atoms with E-state index >= 15 is 0 Å². The molecule has 0 radical (unpaired) electrons. The van der Waals surface area contributed by atoms with Crippen LogP contribution in [0.3, 0.4) is 0 Å². The smallest absolute Gasteiger partial charge is 0.212 e. The van der Waals surface area contributed by atoms with E-state index in [0.717, 1.165) is 0 Å². The van der Waals surface area contributed by atoms with Gasteiger partial charge in [0, 0.05) is 12.6 Å². The Morgan fingerprint density at radius 3 is 2.59 bits per heavy atom. The number of hydrogen-bond acceptors (Lipinski definition) is 2. The normalized spacial score (nSPS) is 10.6. The van der Waals surface area contributed by atoms with Crippen LogP contribution in [0, 0.1) is 0 Å². The van der Waals surface area contributed by atoms with Crippen LogP contribution in [0.15, 0.2) is 28.9 Å². The van der Waals surface area contributed by atoms with Gasteiger partial charge in [-0.3, -0.25) is 9.48 Å². The second-order valence-corrected chi connectivity index (χ2v) is 5.09. The van der Waals surface area contributed by atoms with Gasteiger partial charge in [0.1, 0.15) is 5.69 Å². The molecule has 0 aliphatic carbocycles. The van der Waals surface area contributed by atoms with E-state index in [-0.39, 0.29) is 5.78 Å². The van der Waals surface area contributed by atoms with Crippen molar-refractivity contribution in [1.29, 1.82) is 0 Å². The Balaban J connectivity index is 2.48. The molecular weight excluding hydrogens is 327 g/mol. The second kappa shape index (κ2) is 4.80. The van der Waals surface area contributed by atoms with Crippen LogP contribution >= 0.6 is 39.1 Å². The van der Waals surface area contributed by atoms with Crippen molar-refractivity contribution in [2.75, 3.05) is 0 Å². The van der Waals surface area contributed by atoms with Crippen molar-refractivity contribution < 1.29 is 4.79 Å². The molecular formula is C11H7BrCl2N2O. The average Bonchev–Trinajstić information content (AvgIpc) is 2.62. The fourth-order valence-corrected chi connectivity index (χ4v) is 2.27. The molecule has 0 N–H and O–H groups in total. The molecule has 1 heterocycles. The second-order valence-electron chi connectivity index (χ2n) is 3.42. The molecule has 0 bridgehead atoms. The molecule has 0 aliphatic rings. The Morgan fingerprint density at radius 1 is 1.35 bits per heavy atom. The van der Waals surface area contributed by atoms with Crippen LogP contribution in [0.25, 0.3) is 0 Å². The molecule has 0 spiro atoms. The highest BCUT2D eigenvalue weighted by Gasteiger charge is 2.17. The van der Waals surface area contributed by atoms with Gasteiger partial charge < -0.3 is 0 Å². The molecule has 2 rings (SSSR count). The van der Waals surface area contributed by atoms with Gasteiger partial charge in [-0.05, 0) is 34.1 Å². The predicted molar refractivity (Wildman–Crippen MR) is 70.8 cm³/mol. The quantitative estimate of drug-likeness (QED) is 0.785. The first-order valence-corrected chi connectivity index (χ1v) is 6.23. The van der Waals surface area contributed by atoms with E-state index in [2.05, 4.69) is 21.0 Å². The molecule has 0 saturated carbocycles. The molecule has 2 aromatic rings. The van der Waals surface area contributed by atoms with Crippen molar-refractivity contribution in [2.45, 2.75) is 0 Å². The van der Waals surface area contributed by atoms with E-state index in [1.165, 1.54) is 4.68 Å². The Morgan fingerprint density at radius 2 is 2.06 bits per heavy atom. The molecule has 1 aromatic carbocycles. The molecule has 0 aliphatic heterocycles. The number of nitrogens with zero attached hydrogens (tertiary/aromatic N) is 2. The van der Waals surface area contributed by atoms with E-state index in [0.29, 0.717) is 25.8 Å².